The minimum atomic E-state index is -0.352. The van der Waals surface area contributed by atoms with Crippen molar-refractivity contribution in [2.24, 2.45) is 10.7 Å². The van der Waals surface area contributed by atoms with Crippen LogP contribution in [0.5, 0.6) is 0 Å². The van der Waals surface area contributed by atoms with Gasteiger partial charge in [0.1, 0.15) is 11.7 Å². The highest BCUT2D eigenvalue weighted by Gasteiger charge is 2.30. The third-order valence-electron chi connectivity index (χ3n) is 6.18. The standard InChI is InChI=1S/C23H31N5O2/c1-14-6-7-19-16(12-14)13-18(23(30)25-15(2)24)22(27-19)28-10-8-17(9-11-28)26-20-4-3-5-21(20)29/h6-7,12-13,17,20-21,26,29H,3-5,8-11H2,1-2H3,(H2,24,25,30)/t20?,21-/m0/s1. The highest BCUT2D eigenvalue weighted by Crippen LogP contribution is 2.28. The molecule has 0 bridgehead atoms. The van der Waals surface area contributed by atoms with E-state index in [9.17, 15) is 9.90 Å². The van der Waals surface area contributed by atoms with Crippen LogP contribution in [0, 0.1) is 6.92 Å². The van der Waals surface area contributed by atoms with Gasteiger partial charge >= 0.3 is 0 Å². The Kier molecular flexibility index (Phi) is 6.01. The highest BCUT2D eigenvalue weighted by atomic mass is 16.3. The monoisotopic (exact) mass is 409 g/mol. The molecule has 160 valence electrons. The number of piperidine rings is 1. The van der Waals surface area contributed by atoms with Gasteiger partial charge < -0.3 is 21.1 Å². The van der Waals surface area contributed by atoms with Crippen molar-refractivity contribution in [1.82, 2.24) is 10.3 Å². The Morgan fingerprint density at radius 2 is 2.00 bits per heavy atom. The normalized spacial score (nSPS) is 23.3. The molecule has 0 radical (unpaired) electrons. The number of anilines is 1. The number of amides is 1. The van der Waals surface area contributed by atoms with Gasteiger partial charge in [0.05, 0.1) is 17.2 Å². The van der Waals surface area contributed by atoms with Crippen molar-refractivity contribution in [2.75, 3.05) is 18.0 Å². The number of amidine groups is 1. The van der Waals surface area contributed by atoms with Crippen molar-refractivity contribution in [1.29, 1.82) is 0 Å². The van der Waals surface area contributed by atoms with Gasteiger partial charge in [-0.1, -0.05) is 11.6 Å². The first-order chi connectivity index (χ1) is 14.4. The van der Waals surface area contributed by atoms with Gasteiger partial charge in [-0.15, -0.1) is 0 Å². The van der Waals surface area contributed by atoms with E-state index in [0.717, 1.165) is 61.7 Å². The summed E-state index contributed by atoms with van der Waals surface area (Å²) in [6.45, 7) is 5.24. The number of benzene rings is 1. The number of aliphatic hydroxyl groups is 1. The molecule has 0 spiro atoms. The Morgan fingerprint density at radius 3 is 2.67 bits per heavy atom. The fourth-order valence-corrected chi connectivity index (χ4v) is 4.60. The van der Waals surface area contributed by atoms with Crippen LogP contribution in [0.15, 0.2) is 29.3 Å². The predicted octanol–water partition coefficient (Wildman–Crippen LogP) is 2.53. The second kappa shape index (κ2) is 8.70. The summed E-state index contributed by atoms with van der Waals surface area (Å²) in [5.41, 5.74) is 8.16. The van der Waals surface area contributed by atoms with Crippen LogP contribution in [0.2, 0.25) is 0 Å². The number of nitrogens with zero attached hydrogens (tertiary/aromatic N) is 3. The van der Waals surface area contributed by atoms with Gasteiger partial charge in [0.15, 0.2) is 0 Å². The molecule has 2 aromatic rings. The number of aliphatic imine (C=N–C) groups is 1. The second-order valence-corrected chi connectivity index (χ2v) is 8.65. The fourth-order valence-electron chi connectivity index (χ4n) is 4.60. The van der Waals surface area contributed by atoms with Crippen LogP contribution in [-0.4, -0.2) is 53.1 Å². The van der Waals surface area contributed by atoms with Gasteiger partial charge in [0, 0.05) is 30.6 Å². The van der Waals surface area contributed by atoms with Crippen LogP contribution in [0.1, 0.15) is 54.9 Å². The lowest BCUT2D eigenvalue weighted by Crippen LogP contribution is -2.48. The van der Waals surface area contributed by atoms with Crippen LogP contribution in [0.3, 0.4) is 0 Å². The molecule has 1 aromatic carbocycles. The summed E-state index contributed by atoms with van der Waals surface area (Å²) >= 11 is 0. The maximum Gasteiger partial charge on any atom is 0.282 e. The van der Waals surface area contributed by atoms with E-state index in [1.165, 1.54) is 0 Å². The van der Waals surface area contributed by atoms with Crippen LogP contribution in [0.4, 0.5) is 5.82 Å². The zero-order valence-corrected chi connectivity index (χ0v) is 17.8. The Hall–Kier alpha value is -2.51. The van der Waals surface area contributed by atoms with Crippen molar-refractivity contribution in [3.05, 3.63) is 35.4 Å². The molecule has 2 atom stereocenters. The number of pyridine rings is 1. The number of aliphatic hydroxyl groups excluding tert-OH is 1. The summed E-state index contributed by atoms with van der Waals surface area (Å²) in [7, 11) is 0. The third-order valence-corrected chi connectivity index (χ3v) is 6.18. The average Bonchev–Trinajstić information content (AvgIpc) is 3.11. The molecular weight excluding hydrogens is 378 g/mol. The largest absolute Gasteiger partial charge is 0.392 e. The van der Waals surface area contributed by atoms with Gasteiger partial charge in [0.2, 0.25) is 0 Å². The van der Waals surface area contributed by atoms with Crippen LogP contribution < -0.4 is 16.0 Å². The lowest BCUT2D eigenvalue weighted by molar-refractivity contribution is 0.100. The van der Waals surface area contributed by atoms with E-state index in [4.69, 9.17) is 10.7 Å². The number of hydrogen-bond donors (Lipinski definition) is 3. The minimum Gasteiger partial charge on any atom is -0.392 e. The van der Waals surface area contributed by atoms with Crippen LogP contribution >= 0.6 is 0 Å². The molecule has 7 nitrogen and oxygen atoms in total. The van der Waals surface area contributed by atoms with E-state index >= 15 is 0 Å². The van der Waals surface area contributed by atoms with Crippen molar-refractivity contribution in [2.45, 2.75) is 64.1 Å². The number of carbonyl (C=O) groups excluding carboxylic acids is 1. The Balaban J connectivity index is 1.57. The van der Waals surface area contributed by atoms with Crippen LogP contribution in [0.25, 0.3) is 10.9 Å². The van der Waals surface area contributed by atoms with Crippen molar-refractivity contribution >= 4 is 28.5 Å². The molecule has 1 aliphatic heterocycles. The van der Waals surface area contributed by atoms with Gasteiger partial charge in [-0.3, -0.25) is 4.79 Å². The molecule has 2 fully saturated rings. The van der Waals surface area contributed by atoms with E-state index in [0.29, 0.717) is 17.4 Å². The van der Waals surface area contributed by atoms with Crippen molar-refractivity contribution in [3.63, 3.8) is 0 Å². The number of rotatable bonds is 4. The second-order valence-electron chi connectivity index (χ2n) is 8.65. The maximum absolute atomic E-state index is 12.8. The first-order valence-electron chi connectivity index (χ1n) is 10.9. The molecule has 4 rings (SSSR count). The molecule has 1 saturated heterocycles. The molecule has 1 aliphatic carbocycles. The summed E-state index contributed by atoms with van der Waals surface area (Å²) in [5, 5.41) is 14.7. The fraction of sp³-hybridized carbons (Fsp3) is 0.522. The number of nitrogens with two attached hydrogens (primary N) is 1. The first-order valence-corrected chi connectivity index (χ1v) is 10.9. The molecule has 1 aromatic heterocycles. The lowest BCUT2D eigenvalue weighted by atomic mass is 10.0. The molecule has 2 aliphatic rings. The smallest absolute Gasteiger partial charge is 0.282 e. The molecule has 30 heavy (non-hydrogen) atoms. The maximum atomic E-state index is 12.8. The lowest BCUT2D eigenvalue weighted by Gasteiger charge is -2.35. The average molecular weight is 410 g/mol. The third kappa shape index (κ3) is 4.47. The zero-order valence-electron chi connectivity index (χ0n) is 17.8. The number of fused-ring (bicyclic) bond motifs is 1. The molecule has 2 heterocycles. The van der Waals surface area contributed by atoms with Gasteiger partial charge in [-0.05, 0) is 64.2 Å². The first kappa shape index (κ1) is 20.8. The molecule has 1 saturated carbocycles. The van der Waals surface area contributed by atoms with E-state index in [2.05, 4.69) is 15.2 Å². The van der Waals surface area contributed by atoms with Crippen molar-refractivity contribution in [3.8, 4) is 0 Å². The number of aryl methyl sites for hydroxylation is 1. The van der Waals surface area contributed by atoms with Crippen LogP contribution in [-0.2, 0) is 0 Å². The Labute approximate surface area is 177 Å². The number of carbonyl (C=O) groups is 1. The predicted molar refractivity (Wildman–Crippen MR) is 120 cm³/mol. The van der Waals surface area contributed by atoms with Gasteiger partial charge in [0.25, 0.3) is 5.91 Å². The number of aromatic nitrogens is 1. The topological polar surface area (TPSA) is 104 Å². The number of nitrogens with one attached hydrogen (secondary N) is 1. The Morgan fingerprint density at radius 1 is 1.23 bits per heavy atom. The van der Waals surface area contributed by atoms with E-state index in [-0.39, 0.29) is 23.9 Å². The minimum absolute atomic E-state index is 0.211. The van der Waals surface area contributed by atoms with Gasteiger partial charge in [-0.25, -0.2) is 4.98 Å². The van der Waals surface area contributed by atoms with Gasteiger partial charge in [-0.2, -0.15) is 4.99 Å². The van der Waals surface area contributed by atoms with E-state index in [1.54, 1.807) is 6.92 Å². The summed E-state index contributed by atoms with van der Waals surface area (Å²) in [5.74, 6) is 0.573. The summed E-state index contributed by atoms with van der Waals surface area (Å²) in [6.07, 6.45) is 4.69. The highest BCUT2D eigenvalue weighted by molar-refractivity contribution is 6.07. The molecule has 4 N–H and O–H groups in total. The summed E-state index contributed by atoms with van der Waals surface area (Å²) in [4.78, 5) is 23.8. The summed E-state index contributed by atoms with van der Waals surface area (Å²) < 4.78 is 0. The molecular formula is C23H31N5O2. The molecule has 7 heteroatoms. The van der Waals surface area contributed by atoms with Crippen molar-refractivity contribution < 1.29 is 9.90 Å². The van der Waals surface area contributed by atoms with E-state index in [1.807, 2.05) is 31.2 Å². The van der Waals surface area contributed by atoms with E-state index < -0.39 is 0 Å². The number of hydrogen-bond acceptors (Lipinski definition) is 5. The zero-order chi connectivity index (χ0) is 21.3. The quantitative estimate of drug-likeness (QED) is 0.530. The molecule has 1 unspecified atom stereocenters. The Bertz CT molecular complexity index is 961. The summed E-state index contributed by atoms with van der Waals surface area (Å²) in [6, 6.07) is 8.54. The SMILES string of the molecule is CC(N)=NC(=O)c1cc2cc(C)ccc2nc1N1CCC(NC2CCC[C@@H]2O)CC1. The molecule has 1 amide bonds.